The van der Waals surface area contributed by atoms with E-state index in [2.05, 4.69) is 4.98 Å². The number of nitrogens with zero attached hydrogens (tertiary/aromatic N) is 1. The van der Waals surface area contributed by atoms with E-state index in [1.165, 1.54) is 4.88 Å². The number of hydrogen-bond donors (Lipinski definition) is 1. The SMILES string of the molecule is Cc1cnc([C@H](C)N)s1. The van der Waals surface area contributed by atoms with E-state index in [9.17, 15) is 0 Å². The first kappa shape index (κ1) is 6.71. The van der Waals surface area contributed by atoms with Crippen LogP contribution in [-0.4, -0.2) is 4.98 Å². The van der Waals surface area contributed by atoms with Gasteiger partial charge in [0.25, 0.3) is 0 Å². The van der Waals surface area contributed by atoms with Crippen molar-refractivity contribution in [2.45, 2.75) is 19.9 Å². The van der Waals surface area contributed by atoms with Crippen LogP contribution in [0.5, 0.6) is 0 Å². The van der Waals surface area contributed by atoms with E-state index in [4.69, 9.17) is 5.73 Å². The van der Waals surface area contributed by atoms with Gasteiger partial charge in [-0.1, -0.05) is 0 Å². The topological polar surface area (TPSA) is 38.9 Å². The first-order valence-electron chi connectivity index (χ1n) is 2.88. The molecule has 1 heterocycles. The third-order valence-electron chi connectivity index (χ3n) is 1.03. The molecule has 9 heavy (non-hydrogen) atoms. The molecule has 2 N–H and O–H groups in total. The zero-order chi connectivity index (χ0) is 6.85. The second kappa shape index (κ2) is 2.45. The highest BCUT2D eigenvalue weighted by molar-refractivity contribution is 7.11. The Bertz CT molecular complexity index is 193. The Kier molecular flexibility index (Phi) is 1.83. The molecule has 1 atom stereocenters. The maximum atomic E-state index is 5.57. The average Bonchev–Trinajstić information content (AvgIpc) is 2.14. The van der Waals surface area contributed by atoms with Crippen molar-refractivity contribution >= 4 is 11.3 Å². The summed E-state index contributed by atoms with van der Waals surface area (Å²) < 4.78 is 0. The maximum Gasteiger partial charge on any atom is 0.109 e. The fourth-order valence-corrected chi connectivity index (χ4v) is 1.31. The number of aryl methyl sites for hydroxylation is 1. The molecule has 0 saturated heterocycles. The quantitative estimate of drug-likeness (QED) is 0.645. The monoisotopic (exact) mass is 142 g/mol. The van der Waals surface area contributed by atoms with Crippen molar-refractivity contribution in [3.63, 3.8) is 0 Å². The van der Waals surface area contributed by atoms with E-state index in [0.717, 1.165) is 5.01 Å². The van der Waals surface area contributed by atoms with Gasteiger partial charge in [0.2, 0.25) is 0 Å². The third-order valence-corrected chi connectivity index (χ3v) is 2.14. The van der Waals surface area contributed by atoms with Crippen molar-refractivity contribution < 1.29 is 0 Å². The van der Waals surface area contributed by atoms with Crippen LogP contribution in [0.1, 0.15) is 22.9 Å². The van der Waals surface area contributed by atoms with Gasteiger partial charge in [0.05, 0.1) is 6.04 Å². The highest BCUT2D eigenvalue weighted by Gasteiger charge is 2.01. The molecule has 0 aromatic carbocycles. The van der Waals surface area contributed by atoms with E-state index >= 15 is 0 Å². The minimum Gasteiger partial charge on any atom is -0.322 e. The zero-order valence-electron chi connectivity index (χ0n) is 5.59. The summed E-state index contributed by atoms with van der Waals surface area (Å²) in [7, 11) is 0. The van der Waals surface area contributed by atoms with E-state index < -0.39 is 0 Å². The summed E-state index contributed by atoms with van der Waals surface area (Å²) in [6.07, 6.45) is 1.85. The van der Waals surface area contributed by atoms with Crippen molar-refractivity contribution in [1.82, 2.24) is 4.98 Å². The molecule has 0 fully saturated rings. The lowest BCUT2D eigenvalue weighted by Crippen LogP contribution is -2.03. The van der Waals surface area contributed by atoms with Gasteiger partial charge in [-0.15, -0.1) is 11.3 Å². The maximum absolute atomic E-state index is 5.57. The fourth-order valence-electron chi connectivity index (χ4n) is 0.583. The van der Waals surface area contributed by atoms with Gasteiger partial charge in [-0.2, -0.15) is 0 Å². The number of aromatic nitrogens is 1. The van der Waals surface area contributed by atoms with E-state index in [1.807, 2.05) is 20.0 Å². The first-order valence-corrected chi connectivity index (χ1v) is 3.69. The molecule has 2 nitrogen and oxygen atoms in total. The molecular formula is C6H10N2S. The van der Waals surface area contributed by atoms with Crippen LogP contribution < -0.4 is 5.73 Å². The standard InChI is InChI=1S/C6H10N2S/c1-4-3-8-6(9-4)5(2)7/h3,5H,7H2,1-2H3/t5-/m0/s1. The van der Waals surface area contributed by atoms with Crippen molar-refractivity contribution in [2.24, 2.45) is 5.73 Å². The van der Waals surface area contributed by atoms with Crippen LogP contribution in [-0.2, 0) is 0 Å². The van der Waals surface area contributed by atoms with Crippen LogP contribution >= 0.6 is 11.3 Å². The molecule has 50 valence electrons. The Morgan fingerprint density at radius 2 is 2.44 bits per heavy atom. The Hall–Kier alpha value is -0.410. The highest BCUT2D eigenvalue weighted by Crippen LogP contribution is 2.16. The van der Waals surface area contributed by atoms with Crippen molar-refractivity contribution in [1.29, 1.82) is 0 Å². The Labute approximate surface area is 58.7 Å². The first-order chi connectivity index (χ1) is 4.20. The van der Waals surface area contributed by atoms with Gasteiger partial charge in [0.1, 0.15) is 5.01 Å². The van der Waals surface area contributed by atoms with Gasteiger partial charge in [0, 0.05) is 11.1 Å². The van der Waals surface area contributed by atoms with Gasteiger partial charge >= 0.3 is 0 Å². The van der Waals surface area contributed by atoms with Crippen molar-refractivity contribution in [3.05, 3.63) is 16.1 Å². The molecule has 0 aliphatic carbocycles. The second-order valence-corrected chi connectivity index (χ2v) is 3.36. The molecule has 0 saturated carbocycles. The summed E-state index contributed by atoms with van der Waals surface area (Å²) in [6.45, 7) is 3.97. The van der Waals surface area contributed by atoms with Crippen LogP contribution in [0.15, 0.2) is 6.20 Å². The summed E-state index contributed by atoms with van der Waals surface area (Å²) in [6, 6.07) is 0.0868. The Morgan fingerprint density at radius 3 is 2.67 bits per heavy atom. The third kappa shape index (κ3) is 1.50. The molecule has 3 heteroatoms. The van der Waals surface area contributed by atoms with Crippen LogP contribution in [0.2, 0.25) is 0 Å². The van der Waals surface area contributed by atoms with E-state index in [1.54, 1.807) is 11.3 Å². The lowest BCUT2D eigenvalue weighted by Gasteiger charge is -1.95. The van der Waals surface area contributed by atoms with Gasteiger partial charge in [-0.05, 0) is 13.8 Å². The summed E-state index contributed by atoms with van der Waals surface area (Å²) >= 11 is 1.66. The minimum absolute atomic E-state index is 0.0868. The second-order valence-electron chi connectivity index (χ2n) is 2.10. The van der Waals surface area contributed by atoms with Crippen molar-refractivity contribution in [3.8, 4) is 0 Å². The van der Waals surface area contributed by atoms with Gasteiger partial charge in [0.15, 0.2) is 0 Å². The molecule has 0 unspecified atom stereocenters. The Morgan fingerprint density at radius 1 is 1.78 bits per heavy atom. The van der Waals surface area contributed by atoms with Crippen LogP contribution in [0.4, 0.5) is 0 Å². The van der Waals surface area contributed by atoms with Gasteiger partial charge < -0.3 is 5.73 Å². The predicted octanol–water partition coefficient (Wildman–Crippen LogP) is 1.47. The molecule has 0 radical (unpaired) electrons. The van der Waals surface area contributed by atoms with E-state index in [0.29, 0.717) is 0 Å². The molecule has 1 rings (SSSR count). The molecule has 0 spiro atoms. The molecular weight excluding hydrogens is 132 g/mol. The number of thiazole rings is 1. The molecule has 1 aromatic rings. The minimum atomic E-state index is 0.0868. The average molecular weight is 142 g/mol. The predicted molar refractivity (Wildman–Crippen MR) is 39.5 cm³/mol. The smallest absolute Gasteiger partial charge is 0.109 e. The summed E-state index contributed by atoms with van der Waals surface area (Å²) in [5, 5.41) is 1.02. The van der Waals surface area contributed by atoms with Gasteiger partial charge in [-0.25, -0.2) is 4.98 Å². The lowest BCUT2D eigenvalue weighted by atomic mass is 10.4. The highest BCUT2D eigenvalue weighted by atomic mass is 32.1. The number of rotatable bonds is 1. The summed E-state index contributed by atoms with van der Waals surface area (Å²) in [5.41, 5.74) is 5.57. The van der Waals surface area contributed by atoms with E-state index in [-0.39, 0.29) is 6.04 Å². The van der Waals surface area contributed by atoms with Gasteiger partial charge in [-0.3, -0.25) is 0 Å². The lowest BCUT2D eigenvalue weighted by molar-refractivity contribution is 0.807. The fraction of sp³-hybridized carbons (Fsp3) is 0.500. The molecule has 1 aromatic heterocycles. The van der Waals surface area contributed by atoms with Crippen LogP contribution in [0.3, 0.4) is 0 Å². The molecule has 0 amide bonds. The normalized spacial score (nSPS) is 13.7. The number of nitrogens with two attached hydrogens (primary N) is 1. The molecule has 0 aliphatic heterocycles. The summed E-state index contributed by atoms with van der Waals surface area (Å²) in [4.78, 5) is 5.33. The van der Waals surface area contributed by atoms with Crippen molar-refractivity contribution in [2.75, 3.05) is 0 Å². The molecule has 0 bridgehead atoms. The summed E-state index contributed by atoms with van der Waals surface area (Å²) in [5.74, 6) is 0. The number of hydrogen-bond acceptors (Lipinski definition) is 3. The van der Waals surface area contributed by atoms with Crippen LogP contribution in [0.25, 0.3) is 0 Å². The Balaban J connectivity index is 2.85. The zero-order valence-corrected chi connectivity index (χ0v) is 6.40. The largest absolute Gasteiger partial charge is 0.322 e. The molecule has 0 aliphatic rings. The van der Waals surface area contributed by atoms with Crippen LogP contribution in [0, 0.1) is 6.92 Å².